The predicted octanol–water partition coefficient (Wildman–Crippen LogP) is 5.17. The molecule has 1 aliphatic heterocycles. The third kappa shape index (κ3) is 4.95. The number of aliphatic imine (C=N–C) groups is 1. The van der Waals surface area contributed by atoms with Gasteiger partial charge in [0.05, 0.1) is 17.3 Å². The van der Waals surface area contributed by atoms with Crippen LogP contribution in [0.4, 0.5) is 18.9 Å². The van der Waals surface area contributed by atoms with E-state index in [2.05, 4.69) is 0 Å². The average Bonchev–Trinajstić information content (AvgIpc) is 2.96. The SMILES string of the molecule is CC(=O)N(c1ccccc1C(F)(F)F)C1CSC(=NC2CCCCC2)N1C.Cl. The third-order valence-corrected chi connectivity index (χ3v) is 6.20. The largest absolute Gasteiger partial charge is 0.418 e. The molecule has 1 saturated heterocycles. The summed E-state index contributed by atoms with van der Waals surface area (Å²) >= 11 is 1.51. The van der Waals surface area contributed by atoms with E-state index in [-0.39, 0.29) is 24.1 Å². The molecular formula is C19H25ClF3N3OS. The van der Waals surface area contributed by atoms with Crippen LogP contribution in [-0.2, 0) is 11.0 Å². The molecule has 0 bridgehead atoms. The Bertz CT molecular complexity index is 723. The number of carbonyl (C=O) groups is 1. The molecule has 2 fully saturated rings. The van der Waals surface area contributed by atoms with Crippen LogP contribution in [0.5, 0.6) is 0 Å². The molecule has 0 aromatic heterocycles. The number of amidine groups is 1. The van der Waals surface area contributed by atoms with Crippen molar-refractivity contribution in [3.05, 3.63) is 29.8 Å². The Morgan fingerprint density at radius 3 is 2.46 bits per heavy atom. The van der Waals surface area contributed by atoms with Gasteiger partial charge >= 0.3 is 6.18 Å². The van der Waals surface area contributed by atoms with E-state index in [9.17, 15) is 18.0 Å². The zero-order valence-electron chi connectivity index (χ0n) is 15.9. The minimum absolute atomic E-state index is 0. The Balaban J connectivity index is 0.00000280. The Morgan fingerprint density at radius 2 is 1.86 bits per heavy atom. The van der Waals surface area contributed by atoms with Crippen LogP contribution in [0, 0.1) is 0 Å². The summed E-state index contributed by atoms with van der Waals surface area (Å²) in [6.45, 7) is 1.31. The molecule has 1 amide bonds. The van der Waals surface area contributed by atoms with Crippen LogP contribution in [0.1, 0.15) is 44.6 Å². The molecule has 1 aromatic carbocycles. The fourth-order valence-corrected chi connectivity index (χ4v) is 4.92. The molecule has 1 aromatic rings. The van der Waals surface area contributed by atoms with E-state index in [1.54, 1.807) is 7.05 Å². The van der Waals surface area contributed by atoms with Crippen LogP contribution in [0.25, 0.3) is 0 Å². The van der Waals surface area contributed by atoms with Gasteiger partial charge in [0.15, 0.2) is 5.17 Å². The number of hydrogen-bond donors (Lipinski definition) is 0. The summed E-state index contributed by atoms with van der Waals surface area (Å²) in [5, 5.41) is 0.808. The van der Waals surface area contributed by atoms with E-state index in [1.165, 1.54) is 48.2 Å². The minimum atomic E-state index is -4.52. The number of amides is 1. The second-order valence-electron chi connectivity index (χ2n) is 7.01. The molecular weight excluding hydrogens is 411 g/mol. The zero-order chi connectivity index (χ0) is 19.6. The summed E-state index contributed by atoms with van der Waals surface area (Å²) in [5.41, 5.74) is -0.898. The number of halogens is 4. The van der Waals surface area contributed by atoms with Crippen LogP contribution in [0.2, 0.25) is 0 Å². The number of hydrogen-bond acceptors (Lipinski definition) is 3. The van der Waals surface area contributed by atoms with Crippen molar-refractivity contribution in [3.8, 4) is 0 Å². The maximum absolute atomic E-state index is 13.5. The lowest BCUT2D eigenvalue weighted by atomic mass is 9.96. The molecule has 0 radical (unpaired) electrons. The highest BCUT2D eigenvalue weighted by Gasteiger charge is 2.40. The van der Waals surface area contributed by atoms with E-state index < -0.39 is 23.8 Å². The number of alkyl halides is 3. The van der Waals surface area contributed by atoms with Gasteiger partial charge in [0.2, 0.25) is 5.91 Å². The van der Waals surface area contributed by atoms with Crippen molar-refractivity contribution in [2.75, 3.05) is 17.7 Å². The molecule has 28 heavy (non-hydrogen) atoms. The predicted molar refractivity (Wildman–Crippen MR) is 110 cm³/mol. The smallest absolute Gasteiger partial charge is 0.333 e. The number of benzene rings is 1. The van der Waals surface area contributed by atoms with E-state index in [1.807, 2.05) is 4.90 Å². The van der Waals surface area contributed by atoms with Gasteiger partial charge in [-0.25, -0.2) is 0 Å². The maximum Gasteiger partial charge on any atom is 0.418 e. The summed E-state index contributed by atoms with van der Waals surface area (Å²) in [6, 6.07) is 5.52. The Morgan fingerprint density at radius 1 is 1.21 bits per heavy atom. The molecule has 1 unspecified atom stereocenters. The first-order chi connectivity index (χ1) is 12.8. The number of thioether (sulfide) groups is 1. The highest BCUT2D eigenvalue weighted by Crippen LogP contribution is 2.39. The van der Waals surface area contributed by atoms with Crippen LogP contribution in [-0.4, -0.2) is 41.0 Å². The molecule has 1 aliphatic carbocycles. The number of carbonyl (C=O) groups excluding carboxylic acids is 1. The van der Waals surface area contributed by atoms with E-state index in [0.717, 1.165) is 36.9 Å². The summed E-state index contributed by atoms with van der Waals surface area (Å²) in [5.74, 6) is 0.0800. The fraction of sp³-hybridized carbons (Fsp3) is 0.579. The van der Waals surface area contributed by atoms with Crippen LogP contribution in [0.15, 0.2) is 29.3 Å². The molecule has 0 N–H and O–H groups in total. The lowest BCUT2D eigenvalue weighted by Crippen LogP contribution is -2.49. The molecule has 2 aliphatic rings. The van der Waals surface area contributed by atoms with Crippen molar-refractivity contribution in [1.82, 2.24) is 4.90 Å². The Hall–Kier alpha value is -1.41. The second kappa shape index (κ2) is 9.39. The number of anilines is 1. The summed E-state index contributed by atoms with van der Waals surface area (Å²) in [4.78, 5) is 20.2. The first-order valence-corrected chi connectivity index (χ1v) is 10.2. The normalized spacial score (nSPS) is 22.2. The van der Waals surface area contributed by atoms with Crippen molar-refractivity contribution in [3.63, 3.8) is 0 Å². The van der Waals surface area contributed by atoms with Crippen molar-refractivity contribution < 1.29 is 18.0 Å². The number of para-hydroxylation sites is 1. The Kier molecular flexibility index (Phi) is 7.67. The van der Waals surface area contributed by atoms with Crippen LogP contribution < -0.4 is 4.90 Å². The van der Waals surface area contributed by atoms with Gasteiger partial charge in [-0.2, -0.15) is 13.2 Å². The summed E-state index contributed by atoms with van der Waals surface area (Å²) < 4.78 is 40.4. The Labute approximate surface area is 174 Å². The van der Waals surface area contributed by atoms with Crippen molar-refractivity contribution in [2.24, 2.45) is 4.99 Å². The molecule has 0 spiro atoms. The van der Waals surface area contributed by atoms with Crippen molar-refractivity contribution in [2.45, 2.75) is 57.4 Å². The molecule has 1 saturated carbocycles. The molecule has 1 atom stereocenters. The molecule has 4 nitrogen and oxygen atoms in total. The molecule has 1 heterocycles. The van der Waals surface area contributed by atoms with Crippen LogP contribution in [0.3, 0.4) is 0 Å². The lowest BCUT2D eigenvalue weighted by Gasteiger charge is -2.34. The average molecular weight is 436 g/mol. The van der Waals surface area contributed by atoms with Gasteiger partial charge < -0.3 is 4.90 Å². The van der Waals surface area contributed by atoms with Gasteiger partial charge in [-0.3, -0.25) is 14.7 Å². The van der Waals surface area contributed by atoms with Gasteiger partial charge in [-0.05, 0) is 25.0 Å². The maximum atomic E-state index is 13.5. The van der Waals surface area contributed by atoms with Gasteiger partial charge in [0.25, 0.3) is 0 Å². The second-order valence-corrected chi connectivity index (χ2v) is 8.00. The quantitative estimate of drug-likeness (QED) is 0.656. The van der Waals surface area contributed by atoms with Gasteiger partial charge in [-0.15, -0.1) is 12.4 Å². The highest BCUT2D eigenvalue weighted by atomic mass is 35.5. The molecule has 3 rings (SSSR count). The van der Waals surface area contributed by atoms with E-state index in [4.69, 9.17) is 4.99 Å². The topological polar surface area (TPSA) is 35.9 Å². The number of rotatable bonds is 3. The number of nitrogens with zero attached hydrogens (tertiary/aromatic N) is 3. The molecule has 156 valence electrons. The monoisotopic (exact) mass is 435 g/mol. The standard InChI is InChI=1S/C19H24F3N3OS.ClH/c1-13(26)25(16-11-7-6-10-15(16)19(20,21)22)17-12-27-18(24(17)2)23-14-8-4-3-5-9-14;/h6-7,10-11,14,17H,3-5,8-9,12H2,1-2H3;1H. The van der Waals surface area contributed by atoms with Gasteiger partial charge in [-0.1, -0.05) is 43.2 Å². The highest BCUT2D eigenvalue weighted by molar-refractivity contribution is 8.14. The van der Waals surface area contributed by atoms with Crippen LogP contribution >= 0.6 is 24.2 Å². The first kappa shape index (κ1) is 22.9. The summed E-state index contributed by atoms with van der Waals surface area (Å²) in [7, 11) is 1.80. The van der Waals surface area contributed by atoms with Gasteiger partial charge in [0.1, 0.15) is 6.17 Å². The van der Waals surface area contributed by atoms with Crippen molar-refractivity contribution in [1.29, 1.82) is 0 Å². The lowest BCUT2D eigenvalue weighted by molar-refractivity contribution is -0.137. The molecule has 9 heteroatoms. The summed E-state index contributed by atoms with van der Waals surface area (Å²) in [6.07, 6.45) is 0.659. The first-order valence-electron chi connectivity index (χ1n) is 9.18. The van der Waals surface area contributed by atoms with Gasteiger partial charge in [0, 0.05) is 19.7 Å². The fourth-order valence-electron chi connectivity index (χ4n) is 3.70. The minimum Gasteiger partial charge on any atom is -0.333 e. The van der Waals surface area contributed by atoms with E-state index >= 15 is 0 Å². The van der Waals surface area contributed by atoms with Crippen molar-refractivity contribution >= 4 is 40.9 Å². The van der Waals surface area contributed by atoms with E-state index in [0.29, 0.717) is 5.75 Å². The third-order valence-electron chi connectivity index (χ3n) is 5.08. The zero-order valence-corrected chi connectivity index (χ0v) is 17.5.